The van der Waals surface area contributed by atoms with Crippen molar-refractivity contribution in [1.82, 2.24) is 8.87 Å². The van der Waals surface area contributed by atoms with E-state index >= 15 is 0 Å². The van der Waals surface area contributed by atoms with Crippen LogP contribution in [0.2, 0.25) is 0 Å². The number of sulfonamides is 1. The smallest absolute Gasteiger partial charge is 0.252 e. The molecular weight excluding hydrogens is 449 g/mol. The summed E-state index contributed by atoms with van der Waals surface area (Å²) >= 11 is 1.18. The summed E-state index contributed by atoms with van der Waals surface area (Å²) in [4.78, 5) is 17.9. The molecule has 2 aromatic carbocycles. The molecule has 1 aromatic heterocycles. The van der Waals surface area contributed by atoms with E-state index in [9.17, 15) is 17.6 Å². The van der Waals surface area contributed by atoms with Crippen molar-refractivity contribution in [3.05, 3.63) is 58.6 Å². The number of terminal acetylenes is 1. The zero-order chi connectivity index (χ0) is 22.9. The molecular formula is C23H22FN3O3S2. The fourth-order valence-corrected chi connectivity index (χ4v) is 6.37. The van der Waals surface area contributed by atoms with Crippen molar-refractivity contribution in [2.75, 3.05) is 13.1 Å². The number of piperidine rings is 1. The molecule has 0 radical (unpaired) electrons. The van der Waals surface area contributed by atoms with Crippen LogP contribution in [0.15, 0.2) is 52.4 Å². The van der Waals surface area contributed by atoms with Gasteiger partial charge in [0.1, 0.15) is 5.82 Å². The number of aryl methyl sites for hydroxylation is 1. The molecule has 0 spiro atoms. The minimum Gasteiger partial charge on any atom is -0.305 e. The molecule has 1 aliphatic rings. The Morgan fingerprint density at radius 3 is 2.75 bits per heavy atom. The van der Waals surface area contributed by atoms with Gasteiger partial charge in [0.05, 0.1) is 27.6 Å². The van der Waals surface area contributed by atoms with Crippen LogP contribution in [0, 0.1) is 31.0 Å². The lowest BCUT2D eigenvalue weighted by Gasteiger charge is -2.30. The van der Waals surface area contributed by atoms with Gasteiger partial charge in [0.2, 0.25) is 10.0 Å². The molecule has 1 aliphatic heterocycles. The molecule has 0 aliphatic carbocycles. The number of fused-ring (bicyclic) bond motifs is 1. The first-order valence-electron chi connectivity index (χ1n) is 10.2. The van der Waals surface area contributed by atoms with Gasteiger partial charge in [0.15, 0.2) is 4.80 Å². The van der Waals surface area contributed by atoms with Gasteiger partial charge in [-0.25, -0.2) is 12.8 Å². The first-order valence-corrected chi connectivity index (χ1v) is 12.4. The summed E-state index contributed by atoms with van der Waals surface area (Å²) in [5, 5.41) is 0. The van der Waals surface area contributed by atoms with Crippen LogP contribution in [-0.2, 0) is 21.4 Å². The zero-order valence-corrected chi connectivity index (χ0v) is 19.1. The Kier molecular flexibility index (Phi) is 6.29. The van der Waals surface area contributed by atoms with Crippen LogP contribution < -0.4 is 4.80 Å². The van der Waals surface area contributed by atoms with Crippen LogP contribution in [0.5, 0.6) is 0 Å². The SMILES string of the molecule is C#CCn1c(=NC(=O)C2CCCN(S(=O)(=O)c3ccc(C)cc3)C2)sc2cc(F)ccc21. The molecule has 1 atom stereocenters. The Bertz CT molecular complexity index is 1380. The standard InChI is InChI=1S/C23H22FN3O3S2/c1-3-12-27-20-11-8-18(24)14-21(20)31-23(27)25-22(28)17-5-4-13-26(15-17)32(29,30)19-9-6-16(2)7-10-19/h1,6-11,14,17H,4-5,12-13,15H2,2H3. The van der Waals surface area contributed by atoms with Gasteiger partial charge in [-0.15, -0.1) is 6.42 Å². The number of hydrogen-bond acceptors (Lipinski definition) is 4. The zero-order valence-electron chi connectivity index (χ0n) is 17.5. The molecule has 6 nitrogen and oxygen atoms in total. The van der Waals surface area contributed by atoms with E-state index in [1.54, 1.807) is 34.9 Å². The molecule has 9 heteroatoms. The summed E-state index contributed by atoms with van der Waals surface area (Å²) in [7, 11) is -3.69. The monoisotopic (exact) mass is 471 g/mol. The van der Waals surface area contributed by atoms with E-state index in [1.165, 1.54) is 27.8 Å². The van der Waals surface area contributed by atoms with Crippen molar-refractivity contribution < 1.29 is 17.6 Å². The van der Waals surface area contributed by atoms with Gasteiger partial charge in [0, 0.05) is 13.1 Å². The largest absolute Gasteiger partial charge is 0.305 e. The van der Waals surface area contributed by atoms with Gasteiger partial charge in [-0.2, -0.15) is 9.30 Å². The van der Waals surface area contributed by atoms with Crippen LogP contribution in [0.4, 0.5) is 4.39 Å². The maximum absolute atomic E-state index is 13.6. The number of thiazole rings is 1. The van der Waals surface area contributed by atoms with E-state index in [0.29, 0.717) is 34.4 Å². The Balaban J connectivity index is 1.63. The molecule has 1 saturated heterocycles. The van der Waals surface area contributed by atoms with E-state index in [0.717, 1.165) is 5.56 Å². The second-order valence-corrected chi connectivity index (χ2v) is 10.7. The van der Waals surface area contributed by atoms with Crippen LogP contribution in [-0.4, -0.2) is 36.3 Å². The number of nitrogens with zero attached hydrogens (tertiary/aromatic N) is 3. The summed E-state index contributed by atoms with van der Waals surface area (Å²) in [5.74, 6) is 1.21. The van der Waals surface area contributed by atoms with Crippen LogP contribution in [0.25, 0.3) is 10.2 Å². The van der Waals surface area contributed by atoms with Gasteiger partial charge in [-0.3, -0.25) is 4.79 Å². The maximum atomic E-state index is 13.6. The highest BCUT2D eigenvalue weighted by molar-refractivity contribution is 7.89. The molecule has 166 valence electrons. The van der Waals surface area contributed by atoms with Crippen molar-refractivity contribution in [3.8, 4) is 12.3 Å². The summed E-state index contributed by atoms with van der Waals surface area (Å²) in [6.45, 7) is 2.52. The molecule has 32 heavy (non-hydrogen) atoms. The highest BCUT2D eigenvalue weighted by Gasteiger charge is 2.33. The summed E-state index contributed by atoms with van der Waals surface area (Å²) in [6, 6.07) is 11.0. The van der Waals surface area contributed by atoms with Gasteiger partial charge in [-0.05, 0) is 50.1 Å². The van der Waals surface area contributed by atoms with Gasteiger partial charge in [0.25, 0.3) is 5.91 Å². The second kappa shape index (κ2) is 8.98. The number of aromatic nitrogens is 1. The molecule has 0 N–H and O–H groups in total. The van der Waals surface area contributed by atoms with E-state index in [2.05, 4.69) is 10.9 Å². The number of hydrogen-bond donors (Lipinski definition) is 0. The molecule has 4 rings (SSSR count). The molecule has 1 fully saturated rings. The summed E-state index contributed by atoms with van der Waals surface area (Å²) in [5.41, 5.74) is 1.67. The second-order valence-electron chi connectivity index (χ2n) is 7.75. The third-order valence-corrected chi connectivity index (χ3v) is 8.41. The van der Waals surface area contributed by atoms with Crippen LogP contribution in [0.3, 0.4) is 0 Å². The number of rotatable bonds is 4. The topological polar surface area (TPSA) is 71.7 Å². The molecule has 2 heterocycles. The van der Waals surface area contributed by atoms with E-state index < -0.39 is 21.8 Å². The van der Waals surface area contributed by atoms with Gasteiger partial charge < -0.3 is 4.57 Å². The minimum absolute atomic E-state index is 0.0766. The predicted molar refractivity (Wildman–Crippen MR) is 122 cm³/mol. The van der Waals surface area contributed by atoms with Crippen molar-refractivity contribution >= 4 is 37.5 Å². The maximum Gasteiger partial charge on any atom is 0.252 e. The lowest BCUT2D eigenvalue weighted by atomic mass is 9.99. The number of halogens is 1. The molecule has 1 amide bonds. The molecule has 0 bridgehead atoms. The van der Waals surface area contributed by atoms with Crippen molar-refractivity contribution in [1.29, 1.82) is 0 Å². The Morgan fingerprint density at radius 1 is 1.28 bits per heavy atom. The number of carbonyl (C=O) groups excluding carboxylic acids is 1. The third kappa shape index (κ3) is 4.39. The van der Waals surface area contributed by atoms with E-state index in [-0.39, 0.29) is 23.8 Å². The van der Waals surface area contributed by atoms with Crippen molar-refractivity contribution in [2.24, 2.45) is 10.9 Å². The lowest BCUT2D eigenvalue weighted by molar-refractivity contribution is -0.122. The number of amides is 1. The average molecular weight is 472 g/mol. The predicted octanol–water partition coefficient (Wildman–Crippen LogP) is 3.31. The fourth-order valence-electron chi connectivity index (χ4n) is 3.78. The summed E-state index contributed by atoms with van der Waals surface area (Å²) < 4.78 is 43.4. The number of carbonyl (C=O) groups is 1. The Labute approximate surface area is 190 Å². The van der Waals surface area contributed by atoms with Crippen molar-refractivity contribution in [2.45, 2.75) is 31.2 Å². The lowest BCUT2D eigenvalue weighted by Crippen LogP contribution is -2.42. The van der Waals surface area contributed by atoms with Crippen molar-refractivity contribution in [3.63, 3.8) is 0 Å². The number of benzene rings is 2. The van der Waals surface area contributed by atoms with E-state index in [4.69, 9.17) is 6.42 Å². The quantitative estimate of drug-likeness (QED) is 0.548. The average Bonchev–Trinajstić information content (AvgIpc) is 3.10. The minimum atomic E-state index is -3.69. The summed E-state index contributed by atoms with van der Waals surface area (Å²) in [6.07, 6.45) is 6.59. The van der Waals surface area contributed by atoms with Gasteiger partial charge in [-0.1, -0.05) is 35.0 Å². The normalized spacial score (nSPS) is 18.0. The fraction of sp³-hybridized carbons (Fsp3) is 0.304. The first-order chi connectivity index (χ1) is 15.3. The van der Waals surface area contributed by atoms with Crippen LogP contribution >= 0.6 is 11.3 Å². The highest BCUT2D eigenvalue weighted by atomic mass is 32.2. The van der Waals surface area contributed by atoms with Gasteiger partial charge >= 0.3 is 0 Å². The Morgan fingerprint density at radius 2 is 2.03 bits per heavy atom. The highest BCUT2D eigenvalue weighted by Crippen LogP contribution is 2.25. The van der Waals surface area contributed by atoms with Crippen LogP contribution in [0.1, 0.15) is 18.4 Å². The van der Waals surface area contributed by atoms with E-state index in [1.807, 2.05) is 6.92 Å². The molecule has 0 saturated carbocycles. The Hall–Kier alpha value is -2.80. The third-order valence-electron chi connectivity index (χ3n) is 5.49. The first kappa shape index (κ1) is 22.4. The molecule has 3 aromatic rings. The molecule has 1 unspecified atom stereocenters.